The number of ketones is 1. The maximum Gasteiger partial charge on any atom is 0.333 e. The molecule has 0 saturated heterocycles. The average Bonchev–Trinajstić information content (AvgIpc) is 3.48. The quantitative estimate of drug-likeness (QED) is 0.496. The molecular weight excluding hydrogens is 401 g/mol. The summed E-state index contributed by atoms with van der Waals surface area (Å²) >= 11 is 0. The van der Waals surface area contributed by atoms with Gasteiger partial charge in [0.2, 0.25) is 10.0 Å². The topological polar surface area (TPSA) is 98.8 Å². The van der Waals surface area contributed by atoms with Crippen LogP contribution in [-0.4, -0.2) is 43.9 Å². The molecule has 0 radical (unpaired) electrons. The van der Waals surface area contributed by atoms with E-state index in [1.165, 1.54) is 0 Å². The van der Waals surface area contributed by atoms with Gasteiger partial charge in [-0.05, 0) is 65.2 Å². The van der Waals surface area contributed by atoms with Gasteiger partial charge < -0.3 is 9.05 Å². The first-order valence-electron chi connectivity index (χ1n) is 10.6. The lowest BCUT2D eigenvalue weighted by Gasteiger charge is -2.52. The highest BCUT2D eigenvalue weighted by Crippen LogP contribution is 2.57. The zero-order chi connectivity index (χ0) is 20.6. The molecule has 0 amide bonds. The molecule has 0 aromatic carbocycles. The van der Waals surface area contributed by atoms with E-state index in [0.29, 0.717) is 38.5 Å². The zero-order valence-electron chi connectivity index (χ0n) is 17.2. The Hall–Kier alpha value is -0.270. The van der Waals surface area contributed by atoms with Gasteiger partial charge in [0.25, 0.3) is 0 Å². The molecule has 0 aromatic rings. The number of hydrogen-bond acceptors (Lipinski definition) is 6. The van der Waals surface area contributed by atoms with Crippen LogP contribution in [0.2, 0.25) is 0 Å². The van der Waals surface area contributed by atoms with E-state index < -0.39 is 28.7 Å². The van der Waals surface area contributed by atoms with Crippen molar-refractivity contribution in [2.24, 2.45) is 5.41 Å². The van der Waals surface area contributed by atoms with Gasteiger partial charge in [-0.2, -0.15) is 0 Å². The second kappa shape index (κ2) is 8.10. The Balaban J connectivity index is 1.63. The third-order valence-corrected chi connectivity index (χ3v) is 11.4. The number of nitrogens with one attached hydrogen (secondary N) is 1. The summed E-state index contributed by atoms with van der Waals surface area (Å²) in [5, 5.41) is -0.218. The Labute approximate surface area is 168 Å². The molecule has 4 fully saturated rings. The third-order valence-electron chi connectivity index (χ3n) is 6.80. The highest BCUT2D eigenvalue weighted by atomic mass is 32.2. The van der Waals surface area contributed by atoms with Crippen molar-refractivity contribution in [2.75, 3.05) is 13.2 Å². The van der Waals surface area contributed by atoms with Crippen molar-refractivity contribution in [1.29, 1.82) is 0 Å². The number of rotatable bonds is 11. The summed E-state index contributed by atoms with van der Waals surface area (Å²) in [6.07, 6.45) is 5.88. The van der Waals surface area contributed by atoms with E-state index in [2.05, 4.69) is 4.72 Å². The largest absolute Gasteiger partial charge is 0.333 e. The fraction of sp³-hybridized carbons (Fsp3) is 0.947. The number of fused-ring (bicyclic) bond motifs is 3. The van der Waals surface area contributed by atoms with Gasteiger partial charge >= 0.3 is 7.60 Å². The van der Waals surface area contributed by atoms with Gasteiger partial charge in [-0.15, -0.1) is 0 Å². The van der Waals surface area contributed by atoms with Crippen molar-refractivity contribution < 1.29 is 26.8 Å². The first-order valence-corrected chi connectivity index (χ1v) is 13.7. The van der Waals surface area contributed by atoms with Crippen molar-refractivity contribution >= 4 is 23.4 Å². The van der Waals surface area contributed by atoms with Crippen LogP contribution in [0.3, 0.4) is 0 Å². The molecule has 1 N–H and O–H groups in total. The predicted octanol–water partition coefficient (Wildman–Crippen LogP) is 3.78. The fourth-order valence-corrected chi connectivity index (χ4v) is 8.29. The number of Topliss-reactive ketones (excluding diaryl/α,β-unsaturated/α-hetero) is 1. The first kappa shape index (κ1) is 22.4. The highest BCUT2D eigenvalue weighted by molar-refractivity contribution is 7.90. The normalized spacial score (nSPS) is 31.7. The van der Waals surface area contributed by atoms with Crippen LogP contribution in [0.4, 0.5) is 0 Å². The van der Waals surface area contributed by atoms with Crippen LogP contribution in [-0.2, 0) is 28.4 Å². The van der Waals surface area contributed by atoms with Crippen LogP contribution in [0.5, 0.6) is 0 Å². The van der Waals surface area contributed by atoms with Crippen LogP contribution in [0, 0.1) is 5.41 Å². The molecule has 162 valence electrons. The smallest absolute Gasteiger partial charge is 0.309 e. The molecule has 4 aliphatic carbocycles. The lowest BCUT2D eigenvalue weighted by molar-refractivity contribution is -0.135. The summed E-state index contributed by atoms with van der Waals surface area (Å²) in [6, 6.07) is 0. The third kappa shape index (κ3) is 4.41. The van der Waals surface area contributed by atoms with Gasteiger partial charge in [0, 0.05) is 17.4 Å². The summed E-state index contributed by atoms with van der Waals surface area (Å²) in [6.45, 7) is 5.86. The minimum absolute atomic E-state index is 0.123. The molecule has 0 aromatic heterocycles. The van der Waals surface area contributed by atoms with Gasteiger partial charge in [0.15, 0.2) is 0 Å². The van der Waals surface area contributed by atoms with E-state index in [4.69, 9.17) is 9.05 Å². The maximum absolute atomic E-state index is 13.2. The summed E-state index contributed by atoms with van der Waals surface area (Å²) in [7, 11) is -6.53. The van der Waals surface area contributed by atoms with Crippen molar-refractivity contribution in [1.82, 2.24) is 4.72 Å². The standard InChI is InChI=1S/C19H34NO6PS/c1-4-25-27(22,26-5-2)15(3)14-17(21)18-8-11-19(12-9-18,13-10-18)20-28(23,24)16-6-7-16/h15-16,20H,4-14H2,1-3H3. The van der Waals surface area contributed by atoms with Crippen molar-refractivity contribution in [3.8, 4) is 0 Å². The number of hydrogen-bond donors (Lipinski definition) is 1. The van der Waals surface area contributed by atoms with E-state index in [-0.39, 0.29) is 36.2 Å². The Kier molecular flexibility index (Phi) is 6.49. The molecule has 7 nitrogen and oxygen atoms in total. The molecule has 0 spiro atoms. The molecule has 0 aliphatic heterocycles. The van der Waals surface area contributed by atoms with Crippen LogP contribution < -0.4 is 4.72 Å². The molecule has 4 rings (SSSR count). The van der Waals surface area contributed by atoms with E-state index in [0.717, 1.165) is 12.8 Å². The Morgan fingerprint density at radius 2 is 1.57 bits per heavy atom. The van der Waals surface area contributed by atoms with E-state index >= 15 is 0 Å². The molecule has 2 bridgehead atoms. The average molecular weight is 436 g/mol. The molecule has 4 aliphatic rings. The first-order chi connectivity index (χ1) is 13.1. The zero-order valence-corrected chi connectivity index (χ0v) is 18.9. The molecule has 28 heavy (non-hydrogen) atoms. The second-order valence-corrected chi connectivity index (χ2v) is 13.2. The molecule has 9 heteroatoms. The fourth-order valence-electron chi connectivity index (χ4n) is 4.77. The van der Waals surface area contributed by atoms with Gasteiger partial charge in [0.05, 0.1) is 24.1 Å². The van der Waals surface area contributed by atoms with Crippen molar-refractivity contribution in [2.45, 2.75) is 95.0 Å². The minimum Gasteiger partial charge on any atom is -0.309 e. The minimum atomic E-state index is -3.30. The molecule has 1 atom stereocenters. The highest BCUT2D eigenvalue weighted by Gasteiger charge is 2.54. The monoisotopic (exact) mass is 435 g/mol. The van der Waals surface area contributed by atoms with Crippen molar-refractivity contribution in [3.05, 3.63) is 0 Å². The Morgan fingerprint density at radius 1 is 1.07 bits per heavy atom. The second-order valence-electron chi connectivity index (χ2n) is 8.76. The van der Waals surface area contributed by atoms with Crippen LogP contribution in [0.25, 0.3) is 0 Å². The SMILES string of the molecule is CCOP(=O)(OCC)C(C)CC(=O)C12CCC(NS(=O)(=O)C3CC3)(CC1)CC2. The van der Waals surface area contributed by atoms with E-state index in [1.54, 1.807) is 20.8 Å². The summed E-state index contributed by atoms with van der Waals surface area (Å²) in [5.41, 5.74) is -1.26. The molecule has 4 saturated carbocycles. The van der Waals surface area contributed by atoms with Gasteiger partial charge in [0.1, 0.15) is 5.78 Å². The Morgan fingerprint density at radius 3 is 2.00 bits per heavy atom. The summed E-state index contributed by atoms with van der Waals surface area (Å²) < 4.78 is 51.5. The Bertz CT molecular complexity index is 713. The molecule has 0 heterocycles. The molecular formula is C19H34NO6PS. The number of carbonyl (C=O) groups is 1. The van der Waals surface area contributed by atoms with Crippen molar-refractivity contribution in [3.63, 3.8) is 0 Å². The summed E-state index contributed by atoms with van der Waals surface area (Å²) in [4.78, 5) is 13.2. The van der Waals surface area contributed by atoms with E-state index in [9.17, 15) is 17.8 Å². The van der Waals surface area contributed by atoms with Crippen LogP contribution in [0.15, 0.2) is 0 Å². The van der Waals surface area contributed by atoms with Gasteiger partial charge in [-0.3, -0.25) is 9.36 Å². The van der Waals surface area contributed by atoms with Crippen LogP contribution >= 0.6 is 7.60 Å². The van der Waals surface area contributed by atoms with E-state index in [1.807, 2.05) is 0 Å². The lowest BCUT2D eigenvalue weighted by Crippen LogP contribution is -2.58. The maximum atomic E-state index is 13.2. The lowest BCUT2D eigenvalue weighted by atomic mass is 9.55. The summed E-state index contributed by atoms with van der Waals surface area (Å²) in [5.74, 6) is 0.123. The predicted molar refractivity (Wildman–Crippen MR) is 108 cm³/mol. The number of sulfonamides is 1. The van der Waals surface area contributed by atoms with Crippen LogP contribution in [0.1, 0.15) is 78.6 Å². The number of carbonyl (C=O) groups excluding carboxylic acids is 1. The van der Waals surface area contributed by atoms with Gasteiger partial charge in [-0.1, -0.05) is 6.92 Å². The molecule has 1 unspecified atom stereocenters. The van der Waals surface area contributed by atoms with Gasteiger partial charge in [-0.25, -0.2) is 13.1 Å².